The molecular weight excluding hydrogens is 405 g/mol. The van der Waals surface area contributed by atoms with Gasteiger partial charge in [-0.1, -0.05) is 0 Å². The second-order valence-electron chi connectivity index (χ2n) is 7.51. The Kier molecular flexibility index (Phi) is 6.47. The number of carbonyl (C=O) groups is 3. The standard InChI is InChI=1S/C21H24FN5O4/c1-12(27-10-15(8-25-27)13(2)28)6-20(23)18-5-4-16(7-19(18)22)26-11-17(31-21(26)30)9-24-14(3)29/h4-5,7-8,10,12,17,23H,6,9,11H2,1-3H3,(H,24,29)/t12-,17+/m1/s1. The molecule has 164 valence electrons. The number of amides is 2. The summed E-state index contributed by atoms with van der Waals surface area (Å²) in [6.45, 7) is 5.01. The van der Waals surface area contributed by atoms with E-state index in [0.717, 1.165) is 0 Å². The van der Waals surface area contributed by atoms with E-state index in [1.807, 2.05) is 6.92 Å². The number of halogens is 1. The van der Waals surface area contributed by atoms with E-state index in [-0.39, 0.29) is 48.5 Å². The molecular formula is C21H24FN5O4. The van der Waals surface area contributed by atoms with Gasteiger partial charge in [-0.2, -0.15) is 5.10 Å². The van der Waals surface area contributed by atoms with Crippen LogP contribution >= 0.6 is 0 Å². The normalized spacial score (nSPS) is 16.7. The Morgan fingerprint density at radius 3 is 2.74 bits per heavy atom. The summed E-state index contributed by atoms with van der Waals surface area (Å²) in [7, 11) is 0. The van der Waals surface area contributed by atoms with Crippen molar-refractivity contribution in [2.75, 3.05) is 18.0 Å². The second-order valence-corrected chi connectivity index (χ2v) is 7.51. The van der Waals surface area contributed by atoms with E-state index in [4.69, 9.17) is 10.1 Å². The number of rotatable bonds is 8. The van der Waals surface area contributed by atoms with Crippen LogP contribution in [-0.2, 0) is 9.53 Å². The molecule has 1 fully saturated rings. The van der Waals surface area contributed by atoms with Crippen molar-refractivity contribution in [3.05, 3.63) is 47.5 Å². The van der Waals surface area contributed by atoms with Gasteiger partial charge in [-0.05, 0) is 32.0 Å². The van der Waals surface area contributed by atoms with Crippen LogP contribution in [0.3, 0.4) is 0 Å². The summed E-state index contributed by atoms with van der Waals surface area (Å²) >= 11 is 0. The highest BCUT2D eigenvalue weighted by atomic mass is 19.1. The van der Waals surface area contributed by atoms with Gasteiger partial charge in [-0.25, -0.2) is 9.18 Å². The van der Waals surface area contributed by atoms with Crippen LogP contribution in [0.25, 0.3) is 0 Å². The molecule has 1 aromatic heterocycles. The van der Waals surface area contributed by atoms with Crippen molar-refractivity contribution in [2.45, 2.75) is 39.3 Å². The molecule has 2 aromatic rings. The smallest absolute Gasteiger partial charge is 0.414 e. The molecule has 1 aliphatic heterocycles. The van der Waals surface area contributed by atoms with Gasteiger partial charge in [0, 0.05) is 30.8 Å². The van der Waals surface area contributed by atoms with Crippen molar-refractivity contribution in [3.8, 4) is 0 Å². The lowest BCUT2D eigenvalue weighted by Gasteiger charge is -2.16. The van der Waals surface area contributed by atoms with E-state index in [1.165, 1.54) is 37.1 Å². The second kappa shape index (κ2) is 9.07. The monoisotopic (exact) mass is 429 g/mol. The quantitative estimate of drug-likeness (QED) is 0.494. The third kappa shape index (κ3) is 5.14. The number of ketones is 1. The topological polar surface area (TPSA) is 117 Å². The van der Waals surface area contributed by atoms with Gasteiger partial charge in [-0.15, -0.1) is 0 Å². The van der Waals surface area contributed by atoms with Crippen molar-refractivity contribution < 1.29 is 23.5 Å². The Bertz CT molecular complexity index is 1030. The van der Waals surface area contributed by atoms with Crippen LogP contribution in [0.15, 0.2) is 30.6 Å². The highest BCUT2D eigenvalue weighted by Gasteiger charge is 2.32. The van der Waals surface area contributed by atoms with Gasteiger partial charge in [0.15, 0.2) is 5.78 Å². The number of aromatic nitrogens is 2. The van der Waals surface area contributed by atoms with E-state index >= 15 is 0 Å². The summed E-state index contributed by atoms with van der Waals surface area (Å²) < 4.78 is 21.5. The molecule has 1 saturated heterocycles. The summed E-state index contributed by atoms with van der Waals surface area (Å²) in [6, 6.07) is 3.96. The minimum Gasteiger partial charge on any atom is -0.442 e. The number of nitrogens with zero attached hydrogens (tertiary/aromatic N) is 3. The maximum atomic E-state index is 14.8. The summed E-state index contributed by atoms with van der Waals surface area (Å²) in [5.41, 5.74) is 0.986. The molecule has 0 spiro atoms. The van der Waals surface area contributed by atoms with Crippen LogP contribution in [0.1, 0.15) is 49.2 Å². The number of ether oxygens (including phenoxy) is 1. The molecule has 10 heteroatoms. The minimum absolute atomic E-state index is 0.0731. The Hall–Kier alpha value is -3.56. The number of cyclic esters (lactones) is 1. The molecule has 2 heterocycles. The molecule has 1 aliphatic rings. The van der Waals surface area contributed by atoms with Crippen LogP contribution in [0.5, 0.6) is 0 Å². The highest BCUT2D eigenvalue weighted by molar-refractivity contribution is 5.99. The fraction of sp³-hybridized carbons (Fsp3) is 0.381. The maximum Gasteiger partial charge on any atom is 0.414 e. The van der Waals surface area contributed by atoms with E-state index in [1.54, 1.807) is 16.9 Å². The van der Waals surface area contributed by atoms with Gasteiger partial charge in [0.2, 0.25) is 5.91 Å². The molecule has 0 saturated carbocycles. The van der Waals surface area contributed by atoms with Gasteiger partial charge in [0.25, 0.3) is 0 Å². The van der Waals surface area contributed by atoms with Crippen LogP contribution in [0.4, 0.5) is 14.9 Å². The number of Topliss-reactive ketones (excluding diaryl/α,β-unsaturated/α-hetero) is 1. The number of hydrogen-bond acceptors (Lipinski definition) is 6. The van der Waals surface area contributed by atoms with Crippen LogP contribution in [0, 0.1) is 11.2 Å². The van der Waals surface area contributed by atoms with Gasteiger partial charge in [0.05, 0.1) is 36.6 Å². The first-order chi connectivity index (χ1) is 14.7. The number of nitrogens with one attached hydrogen (secondary N) is 2. The molecule has 2 amide bonds. The number of anilines is 1. The summed E-state index contributed by atoms with van der Waals surface area (Å²) in [4.78, 5) is 35.8. The number of benzene rings is 1. The molecule has 31 heavy (non-hydrogen) atoms. The molecule has 0 unspecified atom stereocenters. The lowest BCUT2D eigenvalue weighted by Crippen LogP contribution is -2.33. The van der Waals surface area contributed by atoms with Crippen molar-refractivity contribution in [1.82, 2.24) is 15.1 Å². The summed E-state index contributed by atoms with van der Waals surface area (Å²) in [6.07, 6.45) is 2.14. The minimum atomic E-state index is -0.627. The molecule has 1 aromatic carbocycles. The first-order valence-corrected chi connectivity index (χ1v) is 9.80. The van der Waals surface area contributed by atoms with Gasteiger partial charge < -0.3 is 15.5 Å². The Balaban J connectivity index is 1.67. The van der Waals surface area contributed by atoms with Gasteiger partial charge in [-0.3, -0.25) is 19.2 Å². The number of hydrogen-bond donors (Lipinski definition) is 2. The molecule has 0 radical (unpaired) electrons. The molecule has 2 atom stereocenters. The lowest BCUT2D eigenvalue weighted by atomic mass is 10.0. The van der Waals surface area contributed by atoms with E-state index in [9.17, 15) is 18.8 Å². The summed E-state index contributed by atoms with van der Waals surface area (Å²) in [5, 5.41) is 15.0. The zero-order chi connectivity index (χ0) is 22.7. The first-order valence-electron chi connectivity index (χ1n) is 9.80. The summed E-state index contributed by atoms with van der Waals surface area (Å²) in [5.74, 6) is -0.960. The molecule has 0 aliphatic carbocycles. The van der Waals surface area contributed by atoms with Crippen molar-refractivity contribution in [1.29, 1.82) is 5.41 Å². The lowest BCUT2D eigenvalue weighted by molar-refractivity contribution is -0.119. The highest BCUT2D eigenvalue weighted by Crippen LogP contribution is 2.25. The average molecular weight is 429 g/mol. The van der Waals surface area contributed by atoms with Gasteiger partial charge in [0.1, 0.15) is 11.9 Å². The maximum absolute atomic E-state index is 14.8. The third-order valence-corrected chi connectivity index (χ3v) is 5.00. The van der Waals surface area contributed by atoms with E-state index in [0.29, 0.717) is 11.3 Å². The van der Waals surface area contributed by atoms with Crippen molar-refractivity contribution >= 4 is 29.2 Å². The average Bonchev–Trinajstić information content (AvgIpc) is 3.33. The predicted octanol–water partition coefficient (Wildman–Crippen LogP) is 2.71. The number of carbonyl (C=O) groups excluding carboxylic acids is 3. The van der Waals surface area contributed by atoms with Crippen LogP contribution in [0.2, 0.25) is 0 Å². The third-order valence-electron chi connectivity index (χ3n) is 5.00. The molecule has 2 N–H and O–H groups in total. The zero-order valence-electron chi connectivity index (χ0n) is 17.5. The molecule has 9 nitrogen and oxygen atoms in total. The van der Waals surface area contributed by atoms with E-state index in [2.05, 4.69) is 10.4 Å². The largest absolute Gasteiger partial charge is 0.442 e. The van der Waals surface area contributed by atoms with Crippen LogP contribution < -0.4 is 10.2 Å². The van der Waals surface area contributed by atoms with Gasteiger partial charge >= 0.3 is 6.09 Å². The fourth-order valence-corrected chi connectivity index (χ4v) is 3.27. The molecule has 3 rings (SSSR count). The van der Waals surface area contributed by atoms with Crippen LogP contribution in [-0.4, -0.2) is 52.5 Å². The SMILES string of the molecule is CC(=O)NC[C@H]1CN(c2ccc(C(=N)C[C@@H](C)n3cc(C(C)=O)cn3)c(F)c2)C(=O)O1. The Morgan fingerprint density at radius 2 is 2.13 bits per heavy atom. The Labute approximate surface area is 178 Å². The first kappa shape index (κ1) is 22.1. The van der Waals surface area contributed by atoms with Crippen molar-refractivity contribution in [2.24, 2.45) is 0 Å². The fourth-order valence-electron chi connectivity index (χ4n) is 3.27. The predicted molar refractivity (Wildman–Crippen MR) is 111 cm³/mol. The molecule has 0 bridgehead atoms. The van der Waals surface area contributed by atoms with E-state index < -0.39 is 18.0 Å². The zero-order valence-corrected chi connectivity index (χ0v) is 17.5. The van der Waals surface area contributed by atoms with Crippen molar-refractivity contribution in [3.63, 3.8) is 0 Å². The Morgan fingerprint density at radius 1 is 1.39 bits per heavy atom.